The van der Waals surface area contributed by atoms with Crippen LogP contribution in [0.3, 0.4) is 0 Å². The number of amides is 1. The van der Waals surface area contributed by atoms with E-state index in [4.69, 9.17) is 4.74 Å². The van der Waals surface area contributed by atoms with E-state index in [-0.39, 0.29) is 6.09 Å². The molecule has 0 heterocycles. The highest BCUT2D eigenvalue weighted by molar-refractivity contribution is 5.69. The van der Waals surface area contributed by atoms with Crippen LogP contribution in [0.5, 0.6) is 0 Å². The minimum Gasteiger partial charge on any atom is -0.444 e. The number of alkyl carbamates (subject to hydrolysis) is 1. The molecular formula is C12H24NO2. The molecule has 0 aromatic heterocycles. The van der Waals surface area contributed by atoms with Gasteiger partial charge in [-0.3, -0.25) is 0 Å². The van der Waals surface area contributed by atoms with Crippen LogP contribution in [0.25, 0.3) is 0 Å². The number of ether oxygens (including phenoxy) is 1. The Balaban J connectivity index is 4.13. The normalized spacial score (nSPS) is 13.8. The Hall–Kier alpha value is -0.730. The molecule has 0 aliphatic rings. The van der Waals surface area contributed by atoms with Crippen LogP contribution in [0.4, 0.5) is 4.79 Å². The molecule has 0 spiro atoms. The van der Waals surface area contributed by atoms with Crippen molar-refractivity contribution in [1.82, 2.24) is 5.32 Å². The maximum atomic E-state index is 11.5. The predicted molar refractivity (Wildman–Crippen MR) is 62.4 cm³/mol. The van der Waals surface area contributed by atoms with Gasteiger partial charge in [-0.1, -0.05) is 27.2 Å². The van der Waals surface area contributed by atoms with E-state index < -0.39 is 5.60 Å². The molecule has 3 heteroatoms. The summed E-state index contributed by atoms with van der Waals surface area (Å²) < 4.78 is 5.19. The third-order valence-electron chi connectivity index (χ3n) is 2.25. The Morgan fingerprint density at radius 2 is 1.87 bits per heavy atom. The summed E-state index contributed by atoms with van der Waals surface area (Å²) in [6.45, 7) is 11.8. The summed E-state index contributed by atoms with van der Waals surface area (Å²) in [6, 6.07) is 1.05. The lowest BCUT2D eigenvalue weighted by Crippen LogP contribution is -2.37. The molecule has 0 aliphatic carbocycles. The molecule has 0 bridgehead atoms. The number of nitrogens with one attached hydrogen (secondary N) is 1. The lowest BCUT2D eigenvalue weighted by Gasteiger charge is -2.25. The third kappa shape index (κ3) is 6.37. The van der Waals surface area contributed by atoms with Gasteiger partial charge in [-0.05, 0) is 33.1 Å². The van der Waals surface area contributed by atoms with Gasteiger partial charge in [-0.25, -0.2) is 4.79 Å². The summed E-state index contributed by atoms with van der Waals surface area (Å²) in [4.78, 5) is 11.5. The molecule has 1 unspecified atom stereocenters. The highest BCUT2D eigenvalue weighted by Gasteiger charge is 2.21. The zero-order valence-electron chi connectivity index (χ0n) is 10.8. The van der Waals surface area contributed by atoms with Crippen molar-refractivity contribution >= 4 is 6.09 Å². The van der Waals surface area contributed by atoms with E-state index in [1.165, 1.54) is 0 Å². The average molecular weight is 214 g/mol. The number of carbonyl (C=O) groups excluding carboxylic acids is 1. The molecule has 89 valence electrons. The summed E-state index contributed by atoms with van der Waals surface area (Å²) in [5.41, 5.74) is -0.432. The van der Waals surface area contributed by atoms with Gasteiger partial charge in [-0.15, -0.1) is 0 Å². The van der Waals surface area contributed by atoms with Crippen molar-refractivity contribution in [1.29, 1.82) is 0 Å². The van der Waals surface area contributed by atoms with E-state index in [1.54, 1.807) is 0 Å². The largest absolute Gasteiger partial charge is 0.444 e. The first-order valence-electron chi connectivity index (χ1n) is 5.65. The molecular weight excluding hydrogens is 190 g/mol. The first kappa shape index (κ1) is 14.3. The van der Waals surface area contributed by atoms with Crippen LogP contribution in [0.15, 0.2) is 0 Å². The van der Waals surface area contributed by atoms with Crippen molar-refractivity contribution in [3.8, 4) is 0 Å². The van der Waals surface area contributed by atoms with E-state index in [0.717, 1.165) is 18.9 Å². The minimum atomic E-state index is -0.432. The van der Waals surface area contributed by atoms with Crippen LogP contribution < -0.4 is 5.32 Å². The lowest BCUT2D eigenvalue weighted by molar-refractivity contribution is 0.0520. The van der Waals surface area contributed by atoms with Crippen LogP contribution in [0.2, 0.25) is 0 Å². The number of hydrogen-bond acceptors (Lipinski definition) is 2. The molecule has 1 amide bonds. The van der Waals surface area contributed by atoms with Crippen molar-refractivity contribution in [2.24, 2.45) is 5.92 Å². The lowest BCUT2D eigenvalue weighted by atomic mass is 9.97. The summed E-state index contributed by atoms with van der Waals surface area (Å²) in [7, 11) is 0. The molecule has 0 fully saturated rings. The summed E-state index contributed by atoms with van der Waals surface area (Å²) in [5, 5.41) is 2.83. The topological polar surface area (TPSA) is 38.3 Å². The minimum absolute atomic E-state index is 0.348. The van der Waals surface area contributed by atoms with E-state index in [9.17, 15) is 4.79 Å². The average Bonchev–Trinajstić information content (AvgIpc) is 2.10. The van der Waals surface area contributed by atoms with Gasteiger partial charge < -0.3 is 10.1 Å². The molecule has 0 rings (SSSR count). The van der Waals surface area contributed by atoms with E-state index >= 15 is 0 Å². The summed E-state index contributed by atoms with van der Waals surface area (Å²) in [6.07, 6.45) is 1.53. The fourth-order valence-electron chi connectivity index (χ4n) is 1.24. The molecule has 1 atom stereocenters. The zero-order chi connectivity index (χ0) is 12.1. The first-order chi connectivity index (χ1) is 6.80. The fraction of sp³-hybridized carbons (Fsp3) is 0.833. The second-order valence-corrected chi connectivity index (χ2v) is 4.81. The highest BCUT2D eigenvalue weighted by atomic mass is 16.6. The molecule has 1 N–H and O–H groups in total. The van der Waals surface area contributed by atoms with Crippen molar-refractivity contribution in [2.45, 2.75) is 60.0 Å². The summed E-state index contributed by atoms with van der Waals surface area (Å²) >= 11 is 0. The summed E-state index contributed by atoms with van der Waals surface area (Å²) in [5.74, 6) is 0.405. The van der Waals surface area contributed by atoms with Crippen molar-refractivity contribution in [3.05, 3.63) is 6.04 Å². The Bertz CT molecular complexity index is 196. The first-order valence-corrected chi connectivity index (χ1v) is 5.65. The van der Waals surface area contributed by atoms with Gasteiger partial charge in [0, 0.05) is 0 Å². The van der Waals surface area contributed by atoms with Gasteiger partial charge in [0.05, 0.1) is 6.04 Å². The maximum Gasteiger partial charge on any atom is 0.408 e. The fourth-order valence-corrected chi connectivity index (χ4v) is 1.24. The smallest absolute Gasteiger partial charge is 0.408 e. The van der Waals surface area contributed by atoms with Gasteiger partial charge in [0.1, 0.15) is 5.60 Å². The zero-order valence-corrected chi connectivity index (χ0v) is 10.8. The van der Waals surface area contributed by atoms with E-state index in [1.807, 2.05) is 27.7 Å². The molecule has 15 heavy (non-hydrogen) atoms. The SMILES string of the molecule is CC[C](NC(=O)OC(C)(C)C)C(C)CC. The van der Waals surface area contributed by atoms with Gasteiger partial charge in [-0.2, -0.15) is 0 Å². The molecule has 0 saturated carbocycles. The van der Waals surface area contributed by atoms with Crippen molar-refractivity contribution in [2.75, 3.05) is 0 Å². The van der Waals surface area contributed by atoms with Gasteiger partial charge in [0.15, 0.2) is 0 Å². The Labute approximate surface area is 93.6 Å². The van der Waals surface area contributed by atoms with Gasteiger partial charge in [0.25, 0.3) is 0 Å². The molecule has 0 aliphatic heterocycles. The van der Waals surface area contributed by atoms with E-state index in [0.29, 0.717) is 5.92 Å². The Kier molecular flexibility index (Phi) is 5.69. The van der Waals surface area contributed by atoms with Crippen LogP contribution >= 0.6 is 0 Å². The predicted octanol–water partition coefficient (Wildman–Crippen LogP) is 3.50. The van der Waals surface area contributed by atoms with Gasteiger partial charge in [0.2, 0.25) is 0 Å². The number of carbonyl (C=O) groups is 1. The molecule has 1 radical (unpaired) electrons. The Morgan fingerprint density at radius 3 is 2.20 bits per heavy atom. The van der Waals surface area contributed by atoms with Crippen molar-refractivity contribution < 1.29 is 9.53 Å². The van der Waals surface area contributed by atoms with E-state index in [2.05, 4.69) is 19.2 Å². The number of rotatable bonds is 4. The van der Waals surface area contributed by atoms with Crippen LogP contribution in [0.1, 0.15) is 54.4 Å². The molecule has 0 aromatic carbocycles. The molecule has 0 aromatic rings. The second-order valence-electron chi connectivity index (χ2n) is 4.81. The highest BCUT2D eigenvalue weighted by Crippen LogP contribution is 2.18. The number of hydrogen-bond donors (Lipinski definition) is 1. The Morgan fingerprint density at radius 1 is 1.33 bits per heavy atom. The quantitative estimate of drug-likeness (QED) is 0.777. The van der Waals surface area contributed by atoms with Gasteiger partial charge >= 0.3 is 6.09 Å². The third-order valence-corrected chi connectivity index (χ3v) is 2.25. The monoisotopic (exact) mass is 214 g/mol. The molecule has 0 saturated heterocycles. The van der Waals surface area contributed by atoms with Crippen LogP contribution in [0, 0.1) is 12.0 Å². The van der Waals surface area contributed by atoms with Crippen molar-refractivity contribution in [3.63, 3.8) is 0 Å². The maximum absolute atomic E-state index is 11.5. The standard InChI is InChI=1S/C12H24NO2/c1-7-9(3)10(8-2)13-11(14)15-12(4,5)6/h9H,7-8H2,1-6H3,(H,13,14). The second kappa shape index (κ2) is 5.99. The van der Waals surface area contributed by atoms with Crippen LogP contribution in [-0.4, -0.2) is 11.7 Å². The molecule has 3 nitrogen and oxygen atoms in total. The van der Waals surface area contributed by atoms with Crippen LogP contribution in [-0.2, 0) is 4.74 Å².